The van der Waals surface area contributed by atoms with Crippen molar-refractivity contribution in [2.24, 2.45) is 5.92 Å². The Morgan fingerprint density at radius 3 is 2.18 bits per heavy atom. The van der Waals surface area contributed by atoms with Crippen molar-refractivity contribution in [2.45, 2.75) is 65.0 Å². The fourth-order valence-electron chi connectivity index (χ4n) is 3.19. The van der Waals surface area contributed by atoms with E-state index in [-0.39, 0.29) is 23.8 Å². The van der Waals surface area contributed by atoms with Crippen LogP contribution in [0.4, 0.5) is 0 Å². The molecule has 0 radical (unpaired) electrons. The summed E-state index contributed by atoms with van der Waals surface area (Å²) in [5.74, 6) is -0.126. The van der Waals surface area contributed by atoms with Gasteiger partial charge in [-0.25, -0.2) is 0 Å². The van der Waals surface area contributed by atoms with Crippen molar-refractivity contribution in [3.63, 3.8) is 0 Å². The van der Waals surface area contributed by atoms with Gasteiger partial charge in [0.1, 0.15) is 6.04 Å². The molecule has 0 aromatic heterocycles. The number of nitrogens with zero attached hydrogens (tertiary/aromatic N) is 1. The lowest BCUT2D eigenvalue weighted by Crippen LogP contribution is -2.58. The predicted octanol–water partition coefficient (Wildman–Crippen LogP) is 1.05. The third kappa shape index (κ3) is 5.31. The summed E-state index contributed by atoms with van der Waals surface area (Å²) in [6.45, 7) is 5.37. The molecule has 22 heavy (non-hydrogen) atoms. The number of hydrogen-bond acceptors (Lipinski definition) is 3. The number of likely N-dealkylation sites (N-methyl/N-ethyl adjacent to an activating group) is 1. The van der Waals surface area contributed by atoms with Gasteiger partial charge in [-0.1, -0.05) is 19.3 Å². The number of nitrogens with one attached hydrogen (secondary N) is 2. The van der Waals surface area contributed by atoms with Crippen LogP contribution in [-0.2, 0) is 14.4 Å². The molecular weight excluding hydrogens is 282 g/mol. The largest absolute Gasteiger partial charge is 0.357 e. The summed E-state index contributed by atoms with van der Waals surface area (Å²) < 4.78 is 0. The quantitative estimate of drug-likeness (QED) is 0.770. The molecule has 126 valence electrons. The van der Waals surface area contributed by atoms with Crippen LogP contribution >= 0.6 is 0 Å². The van der Waals surface area contributed by atoms with Crippen molar-refractivity contribution in [3.05, 3.63) is 0 Å². The molecule has 0 aromatic carbocycles. The van der Waals surface area contributed by atoms with Crippen molar-refractivity contribution in [1.29, 1.82) is 0 Å². The maximum absolute atomic E-state index is 12.0. The van der Waals surface area contributed by atoms with E-state index in [1.54, 1.807) is 4.90 Å². The van der Waals surface area contributed by atoms with Crippen molar-refractivity contribution < 1.29 is 14.4 Å². The predicted molar refractivity (Wildman–Crippen MR) is 85.1 cm³/mol. The van der Waals surface area contributed by atoms with E-state index in [1.807, 2.05) is 6.92 Å². The van der Waals surface area contributed by atoms with Crippen molar-refractivity contribution in [3.8, 4) is 0 Å². The molecule has 1 aliphatic carbocycles. The number of carbonyl (C=O) groups excluding carboxylic acids is 3. The second kappa shape index (κ2) is 8.76. The van der Waals surface area contributed by atoms with Crippen LogP contribution in [0.3, 0.4) is 0 Å². The molecule has 0 bridgehead atoms. The van der Waals surface area contributed by atoms with E-state index in [9.17, 15) is 14.4 Å². The van der Waals surface area contributed by atoms with Gasteiger partial charge in [-0.15, -0.1) is 0 Å². The summed E-state index contributed by atoms with van der Waals surface area (Å²) in [7, 11) is 1.53. The van der Waals surface area contributed by atoms with Gasteiger partial charge in [0.2, 0.25) is 17.7 Å². The third-order valence-corrected chi connectivity index (χ3v) is 4.45. The van der Waals surface area contributed by atoms with Gasteiger partial charge in [-0.3, -0.25) is 14.4 Å². The lowest BCUT2D eigenvalue weighted by Gasteiger charge is -2.36. The van der Waals surface area contributed by atoms with Gasteiger partial charge in [0, 0.05) is 27.4 Å². The number of carbonyl (C=O) groups is 3. The van der Waals surface area contributed by atoms with Gasteiger partial charge in [-0.05, 0) is 25.7 Å². The van der Waals surface area contributed by atoms with Crippen LogP contribution in [0.1, 0.15) is 52.9 Å². The van der Waals surface area contributed by atoms with E-state index in [1.165, 1.54) is 40.2 Å². The molecule has 1 rings (SSSR count). The van der Waals surface area contributed by atoms with Gasteiger partial charge in [-0.2, -0.15) is 0 Å². The zero-order chi connectivity index (χ0) is 16.7. The Bertz CT molecular complexity index is 405. The Balaban J connectivity index is 2.83. The molecule has 0 heterocycles. The molecule has 6 nitrogen and oxygen atoms in total. The average Bonchev–Trinajstić information content (AvgIpc) is 2.49. The molecule has 0 saturated heterocycles. The van der Waals surface area contributed by atoms with E-state index in [4.69, 9.17) is 0 Å². The van der Waals surface area contributed by atoms with Crippen molar-refractivity contribution in [2.75, 3.05) is 13.6 Å². The fourth-order valence-corrected chi connectivity index (χ4v) is 3.19. The summed E-state index contributed by atoms with van der Waals surface area (Å²) in [4.78, 5) is 37.2. The SMILES string of the molecule is CNC(=O)C(NC(C)=O)C(C)N(CC1CCCCC1)C(C)=O. The molecule has 1 aliphatic rings. The Labute approximate surface area is 133 Å². The summed E-state index contributed by atoms with van der Waals surface area (Å²) in [5, 5.41) is 5.22. The second-order valence-corrected chi connectivity index (χ2v) is 6.21. The Kier molecular flexibility index (Phi) is 7.35. The molecule has 0 aromatic rings. The maximum Gasteiger partial charge on any atom is 0.244 e. The maximum atomic E-state index is 12.0. The first-order valence-corrected chi connectivity index (χ1v) is 8.12. The summed E-state index contributed by atoms with van der Waals surface area (Å²) >= 11 is 0. The monoisotopic (exact) mass is 311 g/mol. The lowest BCUT2D eigenvalue weighted by molar-refractivity contribution is -0.136. The summed E-state index contributed by atoms with van der Waals surface area (Å²) in [6, 6.07) is -1.10. The molecule has 0 aliphatic heterocycles. The molecule has 2 atom stereocenters. The normalized spacial score (nSPS) is 18.2. The van der Waals surface area contributed by atoms with Crippen LogP contribution in [-0.4, -0.2) is 48.3 Å². The molecule has 1 fully saturated rings. The smallest absolute Gasteiger partial charge is 0.244 e. The van der Waals surface area contributed by atoms with Crippen LogP contribution in [0, 0.1) is 5.92 Å². The molecule has 1 saturated carbocycles. The summed E-state index contributed by atoms with van der Waals surface area (Å²) in [6.07, 6.45) is 5.92. The van der Waals surface area contributed by atoms with E-state index in [0.29, 0.717) is 12.5 Å². The van der Waals surface area contributed by atoms with Crippen LogP contribution in [0.15, 0.2) is 0 Å². The van der Waals surface area contributed by atoms with E-state index < -0.39 is 6.04 Å². The zero-order valence-corrected chi connectivity index (χ0v) is 14.1. The van der Waals surface area contributed by atoms with E-state index >= 15 is 0 Å². The second-order valence-electron chi connectivity index (χ2n) is 6.21. The third-order valence-electron chi connectivity index (χ3n) is 4.45. The molecule has 0 spiro atoms. The Morgan fingerprint density at radius 2 is 1.73 bits per heavy atom. The first kappa shape index (κ1) is 18.5. The minimum Gasteiger partial charge on any atom is -0.357 e. The van der Waals surface area contributed by atoms with Crippen molar-refractivity contribution >= 4 is 17.7 Å². The van der Waals surface area contributed by atoms with Gasteiger partial charge >= 0.3 is 0 Å². The number of amides is 3. The molecule has 2 unspecified atom stereocenters. The highest BCUT2D eigenvalue weighted by Gasteiger charge is 2.32. The Morgan fingerprint density at radius 1 is 1.14 bits per heavy atom. The van der Waals surface area contributed by atoms with Gasteiger partial charge < -0.3 is 15.5 Å². The molecule has 3 amide bonds. The first-order valence-electron chi connectivity index (χ1n) is 8.12. The zero-order valence-electron chi connectivity index (χ0n) is 14.1. The van der Waals surface area contributed by atoms with E-state index in [0.717, 1.165) is 12.8 Å². The van der Waals surface area contributed by atoms with Crippen LogP contribution in [0.2, 0.25) is 0 Å². The summed E-state index contributed by atoms with van der Waals surface area (Å²) in [5.41, 5.74) is 0. The standard InChI is InChI=1S/C16H29N3O3/c1-11(15(16(22)17-4)18-12(2)20)19(13(3)21)10-14-8-6-5-7-9-14/h11,14-15H,5-10H2,1-4H3,(H,17,22)(H,18,20). The number of rotatable bonds is 6. The number of hydrogen-bond donors (Lipinski definition) is 2. The van der Waals surface area contributed by atoms with Crippen LogP contribution in [0.5, 0.6) is 0 Å². The first-order chi connectivity index (χ1) is 10.4. The minimum atomic E-state index is -0.727. The molecule has 6 heteroatoms. The van der Waals surface area contributed by atoms with Crippen LogP contribution in [0.25, 0.3) is 0 Å². The van der Waals surface area contributed by atoms with E-state index in [2.05, 4.69) is 10.6 Å². The van der Waals surface area contributed by atoms with Gasteiger partial charge in [0.05, 0.1) is 6.04 Å². The highest BCUT2D eigenvalue weighted by atomic mass is 16.2. The highest BCUT2D eigenvalue weighted by molar-refractivity contribution is 5.88. The molecular formula is C16H29N3O3. The Hall–Kier alpha value is -1.59. The van der Waals surface area contributed by atoms with Gasteiger partial charge in [0.15, 0.2) is 0 Å². The van der Waals surface area contributed by atoms with Gasteiger partial charge in [0.25, 0.3) is 0 Å². The minimum absolute atomic E-state index is 0.0580. The lowest BCUT2D eigenvalue weighted by atomic mass is 9.88. The topological polar surface area (TPSA) is 78.5 Å². The van der Waals surface area contributed by atoms with Crippen LogP contribution < -0.4 is 10.6 Å². The van der Waals surface area contributed by atoms with Crippen molar-refractivity contribution in [1.82, 2.24) is 15.5 Å². The fraction of sp³-hybridized carbons (Fsp3) is 0.812. The average molecular weight is 311 g/mol. The molecule has 2 N–H and O–H groups in total. The highest BCUT2D eigenvalue weighted by Crippen LogP contribution is 2.25.